The third-order valence-electron chi connectivity index (χ3n) is 5.47. The van der Waals surface area contributed by atoms with Gasteiger partial charge >= 0.3 is 0 Å². The van der Waals surface area contributed by atoms with Crippen molar-refractivity contribution in [1.82, 2.24) is 15.1 Å². The standard InChI is InChI=1S/C27H23N5OS/c1-19-12-14-20(15-13-19)16-24-26(33)29-27(34-24)30-28-17-22-18-32(23-10-6-3-7-11-23)31-25(22)21-8-4-2-5-9-21/h2-15,17-18,24H,16H2,1H3,(H,29,30,33). The molecule has 1 amide bonds. The highest BCUT2D eigenvalue weighted by Crippen LogP contribution is 2.25. The Kier molecular flexibility index (Phi) is 6.35. The summed E-state index contributed by atoms with van der Waals surface area (Å²) in [7, 11) is 0. The quantitative estimate of drug-likeness (QED) is 0.321. The van der Waals surface area contributed by atoms with E-state index in [1.54, 1.807) is 6.21 Å². The molecule has 0 spiro atoms. The molecule has 7 heteroatoms. The summed E-state index contributed by atoms with van der Waals surface area (Å²) in [6, 6.07) is 28.2. The normalized spacial score (nSPS) is 16.9. The third-order valence-corrected chi connectivity index (χ3v) is 6.55. The van der Waals surface area contributed by atoms with Gasteiger partial charge in [-0.1, -0.05) is 90.1 Å². The van der Waals surface area contributed by atoms with E-state index in [4.69, 9.17) is 5.10 Å². The molecule has 1 saturated heterocycles. The second-order valence-electron chi connectivity index (χ2n) is 8.01. The number of benzene rings is 3. The number of thioether (sulfide) groups is 1. The van der Waals surface area contributed by atoms with E-state index in [-0.39, 0.29) is 11.2 Å². The summed E-state index contributed by atoms with van der Waals surface area (Å²) in [4.78, 5) is 12.4. The number of aryl methyl sites for hydroxylation is 1. The second kappa shape index (κ2) is 9.89. The first kappa shape index (κ1) is 21.9. The van der Waals surface area contributed by atoms with Gasteiger partial charge in [0, 0.05) is 17.3 Å². The van der Waals surface area contributed by atoms with Crippen LogP contribution in [0.1, 0.15) is 16.7 Å². The summed E-state index contributed by atoms with van der Waals surface area (Å²) in [5.41, 5.74) is 5.94. The molecule has 1 fully saturated rings. The number of nitrogens with one attached hydrogen (secondary N) is 1. The minimum Gasteiger partial charge on any atom is -0.303 e. The largest absolute Gasteiger partial charge is 0.303 e. The van der Waals surface area contributed by atoms with Gasteiger partial charge < -0.3 is 5.32 Å². The average Bonchev–Trinajstić information content (AvgIpc) is 3.45. The number of hydrogen-bond donors (Lipinski definition) is 1. The van der Waals surface area contributed by atoms with Crippen molar-refractivity contribution in [3.63, 3.8) is 0 Å². The van der Waals surface area contributed by atoms with Crippen LogP contribution in [0.4, 0.5) is 0 Å². The van der Waals surface area contributed by atoms with Crippen molar-refractivity contribution < 1.29 is 4.79 Å². The van der Waals surface area contributed by atoms with Crippen molar-refractivity contribution in [2.24, 2.45) is 10.2 Å². The second-order valence-corrected chi connectivity index (χ2v) is 9.21. The van der Waals surface area contributed by atoms with Crippen LogP contribution in [0.3, 0.4) is 0 Å². The van der Waals surface area contributed by atoms with E-state index in [0.29, 0.717) is 11.6 Å². The van der Waals surface area contributed by atoms with Crippen LogP contribution in [0.15, 0.2) is 101 Å². The molecule has 0 bridgehead atoms. The summed E-state index contributed by atoms with van der Waals surface area (Å²) in [6.07, 6.45) is 4.27. The zero-order valence-electron chi connectivity index (χ0n) is 18.6. The van der Waals surface area contributed by atoms with Crippen LogP contribution in [0.5, 0.6) is 0 Å². The molecule has 1 aromatic heterocycles. The van der Waals surface area contributed by atoms with E-state index in [0.717, 1.165) is 28.1 Å². The monoisotopic (exact) mass is 465 g/mol. The fraction of sp³-hybridized carbons (Fsp3) is 0.111. The van der Waals surface area contributed by atoms with Crippen molar-refractivity contribution in [2.75, 3.05) is 0 Å². The molecular formula is C27H23N5OS. The van der Waals surface area contributed by atoms with E-state index >= 15 is 0 Å². The van der Waals surface area contributed by atoms with E-state index < -0.39 is 0 Å². The minimum atomic E-state index is -0.211. The fourth-order valence-electron chi connectivity index (χ4n) is 3.68. The SMILES string of the molecule is Cc1ccc(CC2S/C(=N/N=Cc3cn(-c4ccccc4)nc3-c3ccccc3)NC2=O)cc1. The van der Waals surface area contributed by atoms with Crippen LogP contribution in [-0.2, 0) is 11.2 Å². The smallest absolute Gasteiger partial charge is 0.239 e. The summed E-state index contributed by atoms with van der Waals surface area (Å²) >= 11 is 1.41. The first-order valence-electron chi connectivity index (χ1n) is 11.0. The summed E-state index contributed by atoms with van der Waals surface area (Å²) in [5.74, 6) is -0.0404. The molecule has 1 aliphatic rings. The lowest BCUT2D eigenvalue weighted by atomic mass is 10.1. The van der Waals surface area contributed by atoms with E-state index in [1.807, 2.05) is 71.5 Å². The van der Waals surface area contributed by atoms with Crippen molar-refractivity contribution in [3.05, 3.63) is 108 Å². The fourth-order valence-corrected chi connectivity index (χ4v) is 4.65. The highest BCUT2D eigenvalue weighted by molar-refractivity contribution is 8.15. The molecule has 34 heavy (non-hydrogen) atoms. The molecule has 1 atom stereocenters. The molecule has 4 aromatic rings. The van der Waals surface area contributed by atoms with E-state index in [9.17, 15) is 4.79 Å². The minimum absolute atomic E-state index is 0.0404. The molecule has 3 aromatic carbocycles. The van der Waals surface area contributed by atoms with Crippen LogP contribution < -0.4 is 5.32 Å². The van der Waals surface area contributed by atoms with E-state index in [2.05, 4.69) is 46.7 Å². The third kappa shape index (κ3) is 5.00. The van der Waals surface area contributed by atoms with Gasteiger partial charge in [-0.25, -0.2) is 4.68 Å². The molecule has 168 valence electrons. The summed E-state index contributed by atoms with van der Waals surface area (Å²) in [6.45, 7) is 2.05. The van der Waals surface area contributed by atoms with Gasteiger partial charge in [-0.2, -0.15) is 10.2 Å². The van der Waals surface area contributed by atoms with Gasteiger partial charge in [0.25, 0.3) is 0 Å². The van der Waals surface area contributed by atoms with Gasteiger partial charge in [-0.3, -0.25) is 4.79 Å². The maximum Gasteiger partial charge on any atom is 0.239 e. The van der Waals surface area contributed by atoms with Gasteiger partial charge in [0.15, 0.2) is 5.17 Å². The Balaban J connectivity index is 1.36. The molecule has 6 nitrogen and oxygen atoms in total. The van der Waals surface area contributed by atoms with Crippen molar-refractivity contribution >= 4 is 29.1 Å². The van der Waals surface area contributed by atoms with Crippen molar-refractivity contribution in [2.45, 2.75) is 18.6 Å². The number of rotatable bonds is 6. The lowest BCUT2D eigenvalue weighted by Crippen LogP contribution is -2.25. The first-order valence-corrected chi connectivity index (χ1v) is 11.9. The number of amidine groups is 1. The van der Waals surface area contributed by atoms with E-state index in [1.165, 1.54) is 17.3 Å². The summed E-state index contributed by atoms with van der Waals surface area (Å²) < 4.78 is 1.83. The van der Waals surface area contributed by atoms with Crippen LogP contribution >= 0.6 is 11.8 Å². The van der Waals surface area contributed by atoms with Gasteiger partial charge in [0.1, 0.15) is 5.69 Å². The van der Waals surface area contributed by atoms with Gasteiger partial charge in [-0.05, 0) is 31.0 Å². The Hall–Kier alpha value is -3.97. The average molecular weight is 466 g/mol. The molecule has 0 saturated carbocycles. The Morgan fingerprint density at radius 1 is 1.00 bits per heavy atom. The predicted octanol–water partition coefficient (Wildman–Crippen LogP) is 5.01. The summed E-state index contributed by atoms with van der Waals surface area (Å²) in [5, 5.41) is 16.5. The molecule has 2 heterocycles. The van der Waals surface area contributed by atoms with Gasteiger partial charge in [-0.15, -0.1) is 5.10 Å². The predicted molar refractivity (Wildman–Crippen MR) is 138 cm³/mol. The van der Waals surface area contributed by atoms with Crippen LogP contribution in [0.25, 0.3) is 16.9 Å². The lowest BCUT2D eigenvalue weighted by Gasteiger charge is -2.05. The molecular weight excluding hydrogens is 442 g/mol. The number of carbonyl (C=O) groups is 1. The maximum absolute atomic E-state index is 12.4. The first-order chi connectivity index (χ1) is 16.7. The highest BCUT2D eigenvalue weighted by Gasteiger charge is 2.30. The number of hydrogen-bond acceptors (Lipinski definition) is 5. The zero-order chi connectivity index (χ0) is 23.3. The molecule has 5 rings (SSSR count). The molecule has 1 aliphatic heterocycles. The number of aromatic nitrogens is 2. The zero-order valence-corrected chi connectivity index (χ0v) is 19.4. The molecule has 1 N–H and O–H groups in total. The Labute approximate surface area is 202 Å². The van der Waals surface area contributed by atoms with Crippen LogP contribution in [0.2, 0.25) is 0 Å². The number of para-hydroxylation sites is 1. The van der Waals surface area contributed by atoms with Gasteiger partial charge in [0.05, 0.1) is 17.2 Å². The Morgan fingerprint density at radius 2 is 1.71 bits per heavy atom. The maximum atomic E-state index is 12.4. The topological polar surface area (TPSA) is 71.6 Å². The molecule has 0 aliphatic carbocycles. The number of carbonyl (C=O) groups excluding carboxylic acids is 1. The highest BCUT2D eigenvalue weighted by atomic mass is 32.2. The van der Waals surface area contributed by atoms with Gasteiger partial charge in [0.2, 0.25) is 5.91 Å². The molecule has 1 unspecified atom stereocenters. The van der Waals surface area contributed by atoms with Crippen LogP contribution in [0, 0.1) is 6.92 Å². The Morgan fingerprint density at radius 3 is 2.44 bits per heavy atom. The Bertz CT molecular complexity index is 1350. The van der Waals surface area contributed by atoms with Crippen molar-refractivity contribution in [1.29, 1.82) is 0 Å². The lowest BCUT2D eigenvalue weighted by molar-refractivity contribution is -0.118. The number of nitrogens with zero attached hydrogens (tertiary/aromatic N) is 4. The van der Waals surface area contributed by atoms with Crippen molar-refractivity contribution in [3.8, 4) is 16.9 Å². The number of amides is 1. The molecule has 0 radical (unpaired) electrons. The van der Waals surface area contributed by atoms with Crippen LogP contribution in [-0.4, -0.2) is 32.3 Å².